The predicted molar refractivity (Wildman–Crippen MR) is 97.7 cm³/mol. The van der Waals surface area contributed by atoms with Crippen molar-refractivity contribution in [1.82, 2.24) is 20.9 Å². The zero-order valence-corrected chi connectivity index (χ0v) is 14.3. The minimum atomic E-state index is -0.262. The molecule has 1 aliphatic heterocycles. The third-order valence-electron chi connectivity index (χ3n) is 4.29. The first-order valence-corrected chi connectivity index (χ1v) is 8.26. The molecule has 1 heterocycles. The van der Waals surface area contributed by atoms with Crippen LogP contribution in [0.15, 0.2) is 42.5 Å². The third-order valence-corrected chi connectivity index (χ3v) is 4.29. The van der Waals surface area contributed by atoms with Gasteiger partial charge in [-0.25, -0.2) is 4.79 Å². The van der Waals surface area contributed by atoms with E-state index in [4.69, 9.17) is 0 Å². The number of fused-ring (bicyclic) bond motifs is 1. The molecule has 3 unspecified atom stereocenters. The summed E-state index contributed by atoms with van der Waals surface area (Å²) in [5.41, 5.74) is 0.777. The fraction of sp³-hybridized carbons (Fsp3) is 0.389. The monoisotopic (exact) mass is 327 g/mol. The number of amides is 2. The fourth-order valence-corrected chi connectivity index (χ4v) is 3.00. The number of hydrogen-bond acceptors (Lipinski definition) is 4. The Hall–Kier alpha value is -2.15. The average Bonchev–Trinajstić information content (AvgIpc) is 2.54. The Morgan fingerprint density at radius 3 is 2.62 bits per heavy atom. The average molecular weight is 327 g/mol. The Kier molecular flexibility index (Phi) is 4.99. The first-order valence-electron chi connectivity index (χ1n) is 8.26. The van der Waals surface area contributed by atoms with Crippen LogP contribution in [0, 0.1) is 0 Å². The lowest BCUT2D eigenvalue weighted by atomic mass is 10.1. The minimum Gasteiger partial charge on any atom is -0.310 e. The van der Waals surface area contributed by atoms with E-state index in [0.717, 1.165) is 22.9 Å². The van der Waals surface area contributed by atoms with E-state index in [2.05, 4.69) is 39.2 Å². The van der Waals surface area contributed by atoms with Gasteiger partial charge in [-0.15, -0.1) is 0 Å². The highest BCUT2D eigenvalue weighted by Gasteiger charge is 2.27. The van der Waals surface area contributed by atoms with Crippen molar-refractivity contribution >= 4 is 22.5 Å². The standard InChI is InChI=1S/C18H25N5O/c1-12-10-16(23(2)3)21-17(19-12)22-18(24)20-15-9-8-13-6-4-5-7-14(13)11-15/h4-9,11-12,16-17,19,21H,10H2,1-3H3,(H2,20,22,24). The number of benzene rings is 2. The minimum absolute atomic E-state index is 0.229. The molecule has 24 heavy (non-hydrogen) atoms. The van der Waals surface area contributed by atoms with Gasteiger partial charge in [-0.2, -0.15) is 0 Å². The molecule has 4 N–H and O–H groups in total. The number of carbonyl (C=O) groups excluding carboxylic acids is 1. The smallest absolute Gasteiger partial charge is 0.310 e. The maximum Gasteiger partial charge on any atom is 0.321 e. The van der Waals surface area contributed by atoms with Crippen molar-refractivity contribution in [3.8, 4) is 0 Å². The zero-order valence-electron chi connectivity index (χ0n) is 14.3. The fourth-order valence-electron chi connectivity index (χ4n) is 3.00. The number of nitrogens with zero attached hydrogens (tertiary/aromatic N) is 1. The SMILES string of the molecule is CC1CC(N(C)C)NC(NC(=O)Nc2ccc3ccccc3c2)N1. The van der Waals surface area contributed by atoms with Crippen molar-refractivity contribution in [2.75, 3.05) is 19.4 Å². The van der Waals surface area contributed by atoms with Crippen molar-refractivity contribution in [1.29, 1.82) is 0 Å². The summed E-state index contributed by atoms with van der Waals surface area (Å²) in [7, 11) is 4.06. The molecule has 6 nitrogen and oxygen atoms in total. The van der Waals surface area contributed by atoms with Gasteiger partial charge >= 0.3 is 6.03 Å². The Morgan fingerprint density at radius 2 is 1.88 bits per heavy atom. The van der Waals surface area contributed by atoms with Crippen LogP contribution in [0.4, 0.5) is 10.5 Å². The second kappa shape index (κ2) is 7.17. The highest BCUT2D eigenvalue weighted by Crippen LogP contribution is 2.18. The first kappa shape index (κ1) is 16.7. The molecule has 3 rings (SSSR count). The lowest BCUT2D eigenvalue weighted by Crippen LogP contribution is -2.67. The number of urea groups is 1. The van der Waals surface area contributed by atoms with Crippen LogP contribution < -0.4 is 21.3 Å². The molecular weight excluding hydrogens is 302 g/mol. The quantitative estimate of drug-likeness (QED) is 0.697. The number of nitrogens with one attached hydrogen (secondary N) is 4. The van der Waals surface area contributed by atoms with Crippen LogP contribution >= 0.6 is 0 Å². The predicted octanol–water partition coefficient (Wildman–Crippen LogP) is 2.10. The highest BCUT2D eigenvalue weighted by atomic mass is 16.2. The van der Waals surface area contributed by atoms with E-state index < -0.39 is 0 Å². The van der Waals surface area contributed by atoms with Gasteiger partial charge in [0, 0.05) is 11.7 Å². The molecule has 2 aromatic carbocycles. The normalized spacial score (nSPS) is 24.1. The Labute approximate surface area is 142 Å². The summed E-state index contributed by atoms with van der Waals surface area (Å²) in [4.78, 5) is 14.4. The number of hydrogen-bond donors (Lipinski definition) is 4. The van der Waals surface area contributed by atoms with E-state index in [1.807, 2.05) is 50.5 Å². The molecule has 1 saturated heterocycles. The van der Waals surface area contributed by atoms with Crippen LogP contribution in [0.3, 0.4) is 0 Å². The van der Waals surface area contributed by atoms with E-state index >= 15 is 0 Å². The van der Waals surface area contributed by atoms with Gasteiger partial charge in [0.2, 0.25) is 0 Å². The van der Waals surface area contributed by atoms with Crippen molar-refractivity contribution in [2.24, 2.45) is 0 Å². The Morgan fingerprint density at radius 1 is 1.12 bits per heavy atom. The summed E-state index contributed by atoms with van der Waals surface area (Å²) >= 11 is 0. The first-order chi connectivity index (χ1) is 11.5. The molecule has 0 aromatic heterocycles. The second-order valence-corrected chi connectivity index (χ2v) is 6.54. The Bertz CT molecular complexity index is 717. The maximum atomic E-state index is 12.3. The largest absolute Gasteiger partial charge is 0.321 e. The number of rotatable bonds is 3. The molecule has 6 heteroatoms. The van der Waals surface area contributed by atoms with Crippen molar-refractivity contribution in [3.63, 3.8) is 0 Å². The molecule has 0 spiro atoms. The van der Waals surface area contributed by atoms with E-state index in [1.54, 1.807) is 0 Å². The van der Waals surface area contributed by atoms with E-state index in [-0.39, 0.29) is 18.5 Å². The van der Waals surface area contributed by atoms with E-state index in [1.165, 1.54) is 0 Å². The van der Waals surface area contributed by atoms with Crippen molar-refractivity contribution in [2.45, 2.75) is 31.8 Å². The van der Waals surface area contributed by atoms with Gasteiger partial charge in [-0.05, 0) is 50.3 Å². The van der Waals surface area contributed by atoms with Gasteiger partial charge in [0.05, 0.1) is 6.17 Å². The van der Waals surface area contributed by atoms with Gasteiger partial charge in [-0.3, -0.25) is 15.5 Å². The van der Waals surface area contributed by atoms with Crippen molar-refractivity contribution < 1.29 is 4.79 Å². The van der Waals surface area contributed by atoms with Crippen LogP contribution in [0.1, 0.15) is 13.3 Å². The van der Waals surface area contributed by atoms with Gasteiger partial charge < -0.3 is 10.6 Å². The molecule has 128 valence electrons. The molecule has 1 fully saturated rings. The molecule has 2 amide bonds. The summed E-state index contributed by atoms with van der Waals surface area (Å²) in [6, 6.07) is 14.1. The van der Waals surface area contributed by atoms with Crippen LogP contribution in [0.5, 0.6) is 0 Å². The highest BCUT2D eigenvalue weighted by molar-refractivity contribution is 5.93. The lowest BCUT2D eigenvalue weighted by molar-refractivity contribution is 0.128. The number of anilines is 1. The van der Waals surface area contributed by atoms with Crippen molar-refractivity contribution in [3.05, 3.63) is 42.5 Å². The van der Waals surface area contributed by atoms with E-state index in [0.29, 0.717) is 6.04 Å². The summed E-state index contributed by atoms with van der Waals surface area (Å²) < 4.78 is 0. The number of carbonyl (C=O) groups is 1. The molecule has 3 atom stereocenters. The van der Waals surface area contributed by atoms with E-state index in [9.17, 15) is 4.79 Å². The summed E-state index contributed by atoms with van der Waals surface area (Å²) in [6.45, 7) is 2.12. The maximum absolute atomic E-state index is 12.3. The Balaban J connectivity index is 1.61. The van der Waals surface area contributed by atoms with Crippen LogP contribution in [0.25, 0.3) is 10.8 Å². The molecule has 0 saturated carbocycles. The summed E-state index contributed by atoms with van der Waals surface area (Å²) in [5.74, 6) is 0. The molecule has 2 aromatic rings. The molecular formula is C18H25N5O. The zero-order chi connectivity index (χ0) is 17.1. The lowest BCUT2D eigenvalue weighted by Gasteiger charge is -2.39. The van der Waals surface area contributed by atoms with Gasteiger partial charge in [0.1, 0.15) is 6.29 Å². The third kappa shape index (κ3) is 4.03. The molecule has 0 radical (unpaired) electrons. The summed E-state index contributed by atoms with van der Waals surface area (Å²) in [6.07, 6.45) is 0.950. The molecule has 0 aliphatic carbocycles. The van der Waals surface area contributed by atoms with Crippen LogP contribution in [-0.2, 0) is 0 Å². The van der Waals surface area contributed by atoms with Gasteiger partial charge in [0.25, 0.3) is 0 Å². The van der Waals surface area contributed by atoms with Crippen LogP contribution in [0.2, 0.25) is 0 Å². The molecule has 0 bridgehead atoms. The topological polar surface area (TPSA) is 68.4 Å². The molecule has 1 aliphatic rings. The van der Waals surface area contributed by atoms with Gasteiger partial charge in [-0.1, -0.05) is 30.3 Å². The summed E-state index contributed by atoms with van der Waals surface area (Å²) in [5, 5.41) is 14.8. The second-order valence-electron chi connectivity index (χ2n) is 6.54. The van der Waals surface area contributed by atoms with Crippen LogP contribution in [-0.4, -0.2) is 43.5 Å². The van der Waals surface area contributed by atoms with Gasteiger partial charge in [0.15, 0.2) is 0 Å².